The molecule has 2 aromatic heterocycles. The van der Waals surface area contributed by atoms with E-state index in [2.05, 4.69) is 20.5 Å². The van der Waals surface area contributed by atoms with Crippen molar-refractivity contribution in [1.82, 2.24) is 25.2 Å². The first-order valence-electron chi connectivity index (χ1n) is 6.22. The first-order valence-corrected chi connectivity index (χ1v) is 6.22. The standard InChI is InChI=1S/C11H18N6O/c1-2-10-14-15-11(18-10)8-17-7-9(13-16-17)5-3-4-6-12/h7H,2-6,8,12H2,1H3. The van der Waals surface area contributed by atoms with Crippen LogP contribution in [0.1, 0.15) is 37.2 Å². The van der Waals surface area contributed by atoms with E-state index in [9.17, 15) is 0 Å². The third-order valence-corrected chi connectivity index (χ3v) is 2.58. The Morgan fingerprint density at radius 1 is 1.22 bits per heavy atom. The molecule has 0 saturated carbocycles. The van der Waals surface area contributed by atoms with Crippen molar-refractivity contribution in [3.63, 3.8) is 0 Å². The highest BCUT2D eigenvalue weighted by Crippen LogP contribution is 2.04. The molecule has 2 N–H and O–H groups in total. The molecule has 7 nitrogen and oxygen atoms in total. The number of rotatable bonds is 7. The van der Waals surface area contributed by atoms with Crippen molar-refractivity contribution < 1.29 is 4.42 Å². The fourth-order valence-corrected chi connectivity index (χ4v) is 1.61. The molecule has 18 heavy (non-hydrogen) atoms. The van der Waals surface area contributed by atoms with Crippen LogP contribution in [-0.4, -0.2) is 31.7 Å². The minimum absolute atomic E-state index is 0.469. The van der Waals surface area contributed by atoms with E-state index >= 15 is 0 Å². The van der Waals surface area contributed by atoms with Crippen molar-refractivity contribution in [2.24, 2.45) is 5.73 Å². The minimum atomic E-state index is 0.469. The lowest BCUT2D eigenvalue weighted by Crippen LogP contribution is -2.00. The van der Waals surface area contributed by atoms with Crippen molar-refractivity contribution in [3.05, 3.63) is 23.7 Å². The molecule has 7 heteroatoms. The van der Waals surface area contributed by atoms with Gasteiger partial charge in [0.15, 0.2) is 0 Å². The lowest BCUT2D eigenvalue weighted by molar-refractivity contribution is 0.430. The quantitative estimate of drug-likeness (QED) is 0.721. The van der Waals surface area contributed by atoms with Gasteiger partial charge in [0.25, 0.3) is 0 Å². The maximum absolute atomic E-state index is 5.45. The van der Waals surface area contributed by atoms with Crippen LogP contribution in [0.4, 0.5) is 0 Å². The molecular formula is C11H18N6O. The maximum Gasteiger partial charge on any atom is 0.237 e. The summed E-state index contributed by atoms with van der Waals surface area (Å²) in [6, 6.07) is 0. The van der Waals surface area contributed by atoms with E-state index in [4.69, 9.17) is 10.2 Å². The van der Waals surface area contributed by atoms with Gasteiger partial charge in [-0.15, -0.1) is 15.3 Å². The van der Waals surface area contributed by atoms with Crippen LogP contribution >= 0.6 is 0 Å². The SMILES string of the molecule is CCc1nnc(Cn2cc(CCCCN)nn2)o1. The predicted molar refractivity (Wildman–Crippen MR) is 64.8 cm³/mol. The molecule has 0 aliphatic heterocycles. The molecule has 2 heterocycles. The zero-order valence-electron chi connectivity index (χ0n) is 10.5. The number of aromatic nitrogens is 5. The zero-order valence-corrected chi connectivity index (χ0v) is 10.5. The van der Waals surface area contributed by atoms with Crippen LogP contribution in [0.3, 0.4) is 0 Å². The highest BCUT2D eigenvalue weighted by molar-refractivity contribution is 4.94. The lowest BCUT2D eigenvalue weighted by Gasteiger charge is -1.94. The van der Waals surface area contributed by atoms with Crippen LogP contribution in [0.15, 0.2) is 10.6 Å². The second-order valence-electron chi connectivity index (χ2n) is 4.10. The molecule has 2 aromatic rings. The molecule has 0 saturated heterocycles. The molecule has 98 valence electrons. The first kappa shape index (κ1) is 12.7. The second kappa shape index (κ2) is 6.25. The third kappa shape index (κ3) is 3.36. The molecule has 0 unspecified atom stereocenters. The summed E-state index contributed by atoms with van der Waals surface area (Å²) in [6.45, 7) is 3.16. The number of nitrogens with zero attached hydrogens (tertiary/aromatic N) is 5. The number of hydrogen-bond acceptors (Lipinski definition) is 6. The number of aryl methyl sites for hydroxylation is 2. The Bertz CT molecular complexity index is 477. The van der Waals surface area contributed by atoms with Gasteiger partial charge in [-0.25, -0.2) is 4.68 Å². The molecule has 0 spiro atoms. The summed E-state index contributed by atoms with van der Waals surface area (Å²) >= 11 is 0. The normalized spacial score (nSPS) is 11.0. The van der Waals surface area contributed by atoms with Gasteiger partial charge < -0.3 is 10.2 Å². The summed E-state index contributed by atoms with van der Waals surface area (Å²) in [4.78, 5) is 0. The summed E-state index contributed by atoms with van der Waals surface area (Å²) in [7, 11) is 0. The summed E-state index contributed by atoms with van der Waals surface area (Å²) in [5, 5.41) is 16.0. The molecule has 0 radical (unpaired) electrons. The molecule has 2 rings (SSSR count). The molecular weight excluding hydrogens is 232 g/mol. The third-order valence-electron chi connectivity index (χ3n) is 2.58. The van der Waals surface area contributed by atoms with Gasteiger partial charge in [-0.05, 0) is 25.8 Å². The first-order chi connectivity index (χ1) is 8.81. The van der Waals surface area contributed by atoms with Crippen molar-refractivity contribution in [2.45, 2.75) is 39.2 Å². The summed E-state index contributed by atoms with van der Waals surface area (Å²) < 4.78 is 7.13. The van der Waals surface area contributed by atoms with Gasteiger partial charge in [-0.1, -0.05) is 12.1 Å². The highest BCUT2D eigenvalue weighted by atomic mass is 16.4. The van der Waals surface area contributed by atoms with Crippen LogP contribution in [-0.2, 0) is 19.4 Å². The van der Waals surface area contributed by atoms with Crippen molar-refractivity contribution in [2.75, 3.05) is 6.54 Å². The van der Waals surface area contributed by atoms with Crippen molar-refractivity contribution >= 4 is 0 Å². The van der Waals surface area contributed by atoms with E-state index in [0.717, 1.165) is 37.9 Å². The Kier molecular flexibility index (Phi) is 4.40. The fraction of sp³-hybridized carbons (Fsp3) is 0.636. The van der Waals surface area contributed by atoms with E-state index in [0.29, 0.717) is 18.3 Å². The number of hydrogen-bond donors (Lipinski definition) is 1. The van der Waals surface area contributed by atoms with Gasteiger partial charge in [0, 0.05) is 12.6 Å². The van der Waals surface area contributed by atoms with E-state index < -0.39 is 0 Å². The number of unbranched alkanes of at least 4 members (excludes halogenated alkanes) is 1. The molecule has 0 amide bonds. The van der Waals surface area contributed by atoms with Crippen LogP contribution in [0.5, 0.6) is 0 Å². The molecule has 0 atom stereocenters. The van der Waals surface area contributed by atoms with E-state index in [-0.39, 0.29) is 0 Å². The van der Waals surface area contributed by atoms with Gasteiger partial charge in [0.05, 0.1) is 5.69 Å². The van der Waals surface area contributed by atoms with Crippen LogP contribution in [0.25, 0.3) is 0 Å². The fourth-order valence-electron chi connectivity index (χ4n) is 1.61. The Hall–Kier alpha value is -1.76. The zero-order chi connectivity index (χ0) is 12.8. The Morgan fingerprint density at radius 3 is 2.78 bits per heavy atom. The van der Waals surface area contributed by atoms with Gasteiger partial charge >= 0.3 is 0 Å². The number of nitrogens with two attached hydrogens (primary N) is 1. The van der Waals surface area contributed by atoms with Gasteiger partial charge in [0.2, 0.25) is 11.8 Å². The van der Waals surface area contributed by atoms with E-state index in [1.807, 2.05) is 13.1 Å². The van der Waals surface area contributed by atoms with Gasteiger partial charge in [-0.2, -0.15) is 0 Å². The average Bonchev–Trinajstić information content (AvgIpc) is 3.00. The second-order valence-corrected chi connectivity index (χ2v) is 4.10. The van der Waals surface area contributed by atoms with E-state index in [1.54, 1.807) is 4.68 Å². The largest absolute Gasteiger partial charge is 0.423 e. The molecule has 0 aliphatic carbocycles. The molecule has 0 aromatic carbocycles. The van der Waals surface area contributed by atoms with Crippen molar-refractivity contribution in [1.29, 1.82) is 0 Å². The van der Waals surface area contributed by atoms with Crippen LogP contribution in [0.2, 0.25) is 0 Å². The van der Waals surface area contributed by atoms with Gasteiger partial charge in [0.1, 0.15) is 6.54 Å². The average molecular weight is 250 g/mol. The predicted octanol–water partition coefficient (Wildman–Crippen LogP) is 0.553. The Morgan fingerprint density at radius 2 is 2.06 bits per heavy atom. The van der Waals surface area contributed by atoms with Gasteiger partial charge in [-0.3, -0.25) is 0 Å². The minimum Gasteiger partial charge on any atom is -0.423 e. The summed E-state index contributed by atoms with van der Waals surface area (Å²) in [5.41, 5.74) is 6.42. The Balaban J connectivity index is 1.89. The smallest absolute Gasteiger partial charge is 0.237 e. The topological polar surface area (TPSA) is 95.7 Å². The van der Waals surface area contributed by atoms with Crippen molar-refractivity contribution in [3.8, 4) is 0 Å². The van der Waals surface area contributed by atoms with Crippen LogP contribution in [0, 0.1) is 0 Å². The van der Waals surface area contributed by atoms with E-state index in [1.165, 1.54) is 0 Å². The highest BCUT2D eigenvalue weighted by Gasteiger charge is 2.07. The maximum atomic E-state index is 5.45. The molecule has 0 aliphatic rings. The van der Waals surface area contributed by atoms with Crippen LogP contribution < -0.4 is 5.73 Å². The summed E-state index contributed by atoms with van der Waals surface area (Å²) in [5.74, 6) is 1.21. The Labute approximate surface area is 105 Å². The lowest BCUT2D eigenvalue weighted by atomic mass is 10.2. The monoisotopic (exact) mass is 250 g/mol. The molecule has 0 fully saturated rings. The summed E-state index contributed by atoms with van der Waals surface area (Å²) in [6.07, 6.45) is 5.61. The molecule has 0 bridgehead atoms.